The minimum atomic E-state index is 0.464. The fraction of sp³-hybridized carbons (Fsp3) is 0.647. The summed E-state index contributed by atoms with van der Waals surface area (Å²) in [6.07, 6.45) is 4.00. The van der Waals surface area contributed by atoms with Gasteiger partial charge in [0, 0.05) is 11.6 Å². The van der Waals surface area contributed by atoms with Gasteiger partial charge in [-0.05, 0) is 68.3 Å². The van der Waals surface area contributed by atoms with Crippen molar-refractivity contribution in [3.05, 3.63) is 34.9 Å². The molecule has 0 saturated heterocycles. The summed E-state index contributed by atoms with van der Waals surface area (Å²) >= 11 is 6.01. The minimum absolute atomic E-state index is 0.464. The molecule has 1 aliphatic rings. The molecule has 2 heteroatoms. The van der Waals surface area contributed by atoms with E-state index in [0.717, 1.165) is 10.9 Å². The lowest BCUT2D eigenvalue weighted by molar-refractivity contribution is 0.0312. The number of hydrogen-bond acceptors (Lipinski definition) is 1. The molecule has 1 saturated carbocycles. The SMILES string of the molecule is CC(C)CC1(CN(C)C)CCC1c1ccc(Cl)cc1. The highest BCUT2D eigenvalue weighted by Crippen LogP contribution is 2.56. The van der Waals surface area contributed by atoms with E-state index in [1.54, 1.807) is 0 Å². The van der Waals surface area contributed by atoms with Gasteiger partial charge in [0.05, 0.1) is 0 Å². The third-order valence-corrected chi connectivity index (χ3v) is 4.64. The van der Waals surface area contributed by atoms with E-state index in [0.29, 0.717) is 11.3 Å². The van der Waals surface area contributed by atoms with Crippen molar-refractivity contribution < 1.29 is 0 Å². The first-order chi connectivity index (χ1) is 8.93. The molecular formula is C17H26ClN. The molecule has 106 valence electrons. The summed E-state index contributed by atoms with van der Waals surface area (Å²) in [6, 6.07) is 8.50. The number of nitrogens with zero attached hydrogens (tertiary/aromatic N) is 1. The highest BCUT2D eigenvalue weighted by molar-refractivity contribution is 6.30. The van der Waals surface area contributed by atoms with Crippen LogP contribution in [0.25, 0.3) is 0 Å². The highest BCUT2D eigenvalue weighted by atomic mass is 35.5. The fourth-order valence-electron chi connectivity index (χ4n) is 3.85. The van der Waals surface area contributed by atoms with E-state index in [4.69, 9.17) is 11.6 Å². The molecule has 1 fully saturated rings. The molecule has 2 rings (SSSR count). The van der Waals surface area contributed by atoms with Crippen LogP contribution in [-0.2, 0) is 0 Å². The molecule has 19 heavy (non-hydrogen) atoms. The van der Waals surface area contributed by atoms with Crippen LogP contribution in [0.4, 0.5) is 0 Å². The van der Waals surface area contributed by atoms with Gasteiger partial charge in [-0.2, -0.15) is 0 Å². The Hall–Kier alpha value is -0.530. The average molecular weight is 280 g/mol. The quantitative estimate of drug-likeness (QED) is 0.747. The molecule has 2 unspecified atom stereocenters. The van der Waals surface area contributed by atoms with Crippen LogP contribution in [0, 0.1) is 11.3 Å². The maximum absolute atomic E-state index is 6.01. The van der Waals surface area contributed by atoms with Crippen LogP contribution in [0.15, 0.2) is 24.3 Å². The molecular weight excluding hydrogens is 254 g/mol. The maximum Gasteiger partial charge on any atom is 0.0406 e. The molecule has 1 aliphatic carbocycles. The minimum Gasteiger partial charge on any atom is -0.309 e. The van der Waals surface area contributed by atoms with Crippen molar-refractivity contribution in [1.29, 1.82) is 0 Å². The van der Waals surface area contributed by atoms with E-state index in [2.05, 4.69) is 45.0 Å². The molecule has 0 N–H and O–H groups in total. The van der Waals surface area contributed by atoms with Gasteiger partial charge in [-0.25, -0.2) is 0 Å². The van der Waals surface area contributed by atoms with Crippen LogP contribution in [0.5, 0.6) is 0 Å². The first-order valence-electron chi connectivity index (χ1n) is 7.33. The van der Waals surface area contributed by atoms with Gasteiger partial charge < -0.3 is 4.90 Å². The zero-order valence-electron chi connectivity index (χ0n) is 12.6. The highest BCUT2D eigenvalue weighted by Gasteiger charge is 2.47. The van der Waals surface area contributed by atoms with Gasteiger partial charge in [-0.3, -0.25) is 0 Å². The Balaban J connectivity index is 2.21. The zero-order valence-corrected chi connectivity index (χ0v) is 13.4. The molecule has 2 atom stereocenters. The summed E-state index contributed by atoms with van der Waals surface area (Å²) in [5, 5.41) is 0.838. The lowest BCUT2D eigenvalue weighted by Crippen LogP contribution is -2.46. The Morgan fingerprint density at radius 1 is 1.26 bits per heavy atom. The number of benzene rings is 1. The first kappa shape index (κ1) is 14.9. The molecule has 0 heterocycles. The van der Waals surface area contributed by atoms with Gasteiger partial charge in [0.25, 0.3) is 0 Å². The standard InChI is InChI=1S/C17H26ClN/c1-13(2)11-17(12-19(3)4)10-9-16(17)14-5-7-15(18)8-6-14/h5-8,13,16H,9-12H2,1-4H3. The summed E-state index contributed by atoms with van der Waals surface area (Å²) in [6.45, 7) is 5.88. The van der Waals surface area contributed by atoms with E-state index < -0.39 is 0 Å². The van der Waals surface area contributed by atoms with Gasteiger partial charge in [-0.15, -0.1) is 0 Å². The Kier molecular flexibility index (Phi) is 4.58. The molecule has 0 bridgehead atoms. The fourth-order valence-corrected chi connectivity index (χ4v) is 3.98. The number of rotatable bonds is 5. The largest absolute Gasteiger partial charge is 0.309 e. The summed E-state index contributed by atoms with van der Waals surface area (Å²) in [5.41, 5.74) is 1.93. The predicted octanol–water partition coefficient (Wildman–Crippen LogP) is 4.81. The molecule has 0 aliphatic heterocycles. The third kappa shape index (κ3) is 3.32. The molecule has 0 aromatic heterocycles. The van der Waals surface area contributed by atoms with Gasteiger partial charge in [0.1, 0.15) is 0 Å². The average Bonchev–Trinajstić information content (AvgIpc) is 2.28. The van der Waals surface area contributed by atoms with Crippen molar-refractivity contribution in [2.24, 2.45) is 11.3 Å². The van der Waals surface area contributed by atoms with Gasteiger partial charge in [-0.1, -0.05) is 37.6 Å². The molecule has 0 amide bonds. The van der Waals surface area contributed by atoms with E-state index in [-0.39, 0.29) is 0 Å². The Morgan fingerprint density at radius 2 is 1.89 bits per heavy atom. The Morgan fingerprint density at radius 3 is 2.32 bits per heavy atom. The van der Waals surface area contributed by atoms with Crippen LogP contribution < -0.4 is 0 Å². The normalized spacial score (nSPS) is 26.8. The second-order valence-electron chi connectivity index (χ2n) is 6.84. The lowest BCUT2D eigenvalue weighted by Gasteiger charge is -2.52. The third-order valence-electron chi connectivity index (χ3n) is 4.39. The molecule has 0 radical (unpaired) electrons. The monoisotopic (exact) mass is 279 g/mol. The van der Waals surface area contributed by atoms with Crippen LogP contribution in [0.1, 0.15) is 44.6 Å². The van der Waals surface area contributed by atoms with E-state index in [1.807, 2.05) is 12.1 Å². The number of halogens is 1. The molecule has 1 aromatic rings. The molecule has 0 spiro atoms. The Labute approximate surface area is 123 Å². The zero-order chi connectivity index (χ0) is 14.0. The van der Waals surface area contributed by atoms with Gasteiger partial charge in [0.15, 0.2) is 0 Å². The second-order valence-corrected chi connectivity index (χ2v) is 7.28. The van der Waals surface area contributed by atoms with Gasteiger partial charge in [0.2, 0.25) is 0 Å². The van der Waals surface area contributed by atoms with Gasteiger partial charge >= 0.3 is 0 Å². The van der Waals surface area contributed by atoms with Crippen molar-refractivity contribution in [3.8, 4) is 0 Å². The number of hydrogen-bond donors (Lipinski definition) is 0. The molecule has 1 nitrogen and oxygen atoms in total. The molecule has 1 aromatic carbocycles. The summed E-state index contributed by atoms with van der Waals surface area (Å²) in [7, 11) is 4.39. The Bertz CT molecular complexity index is 398. The predicted molar refractivity (Wildman–Crippen MR) is 83.9 cm³/mol. The van der Waals surface area contributed by atoms with Crippen molar-refractivity contribution >= 4 is 11.6 Å². The second kappa shape index (κ2) is 5.85. The van der Waals surface area contributed by atoms with Crippen LogP contribution in [0.3, 0.4) is 0 Å². The first-order valence-corrected chi connectivity index (χ1v) is 7.71. The van der Waals surface area contributed by atoms with Crippen molar-refractivity contribution in [2.45, 2.75) is 39.0 Å². The van der Waals surface area contributed by atoms with Crippen molar-refractivity contribution in [3.63, 3.8) is 0 Å². The van der Waals surface area contributed by atoms with E-state index >= 15 is 0 Å². The van der Waals surface area contributed by atoms with E-state index in [9.17, 15) is 0 Å². The summed E-state index contributed by atoms with van der Waals surface area (Å²) < 4.78 is 0. The topological polar surface area (TPSA) is 3.24 Å². The van der Waals surface area contributed by atoms with Crippen molar-refractivity contribution in [1.82, 2.24) is 4.90 Å². The summed E-state index contributed by atoms with van der Waals surface area (Å²) in [4.78, 5) is 2.35. The smallest absolute Gasteiger partial charge is 0.0406 e. The lowest BCUT2D eigenvalue weighted by atomic mass is 9.54. The summed E-state index contributed by atoms with van der Waals surface area (Å²) in [5.74, 6) is 1.46. The van der Waals surface area contributed by atoms with Crippen molar-refractivity contribution in [2.75, 3.05) is 20.6 Å². The van der Waals surface area contributed by atoms with Crippen LogP contribution >= 0.6 is 11.6 Å². The van der Waals surface area contributed by atoms with Crippen LogP contribution in [0.2, 0.25) is 5.02 Å². The maximum atomic E-state index is 6.01. The van der Waals surface area contributed by atoms with E-state index in [1.165, 1.54) is 31.4 Å². The van der Waals surface area contributed by atoms with Crippen LogP contribution in [-0.4, -0.2) is 25.5 Å².